The van der Waals surface area contributed by atoms with Gasteiger partial charge in [0.15, 0.2) is 5.12 Å². The van der Waals surface area contributed by atoms with E-state index in [1.165, 1.54) is 37.1 Å². The molecule has 0 bridgehead atoms. The van der Waals surface area contributed by atoms with Gasteiger partial charge >= 0.3 is 5.97 Å². The fourth-order valence-electron chi connectivity index (χ4n) is 2.22. The van der Waals surface area contributed by atoms with Crippen LogP contribution in [0.2, 0.25) is 0 Å². The van der Waals surface area contributed by atoms with Crippen LogP contribution in [0.15, 0.2) is 5.38 Å². The minimum absolute atomic E-state index is 0.000109. The van der Waals surface area contributed by atoms with Gasteiger partial charge in [-0.15, -0.1) is 11.3 Å². The molecule has 1 aliphatic heterocycles. The van der Waals surface area contributed by atoms with Crippen molar-refractivity contribution in [3.63, 3.8) is 0 Å². The van der Waals surface area contributed by atoms with E-state index in [2.05, 4.69) is 0 Å². The fraction of sp³-hybridized carbons (Fsp3) is 0.462. The highest BCUT2D eigenvalue weighted by Crippen LogP contribution is 2.36. The second kappa shape index (κ2) is 5.97. The minimum atomic E-state index is -0.437. The molecule has 108 valence electrons. The van der Waals surface area contributed by atoms with E-state index in [1.54, 1.807) is 4.90 Å². The third-order valence-electron chi connectivity index (χ3n) is 3.01. The summed E-state index contributed by atoms with van der Waals surface area (Å²) in [6, 6.07) is 0. The molecule has 1 aromatic heterocycles. The number of ether oxygens (including phenoxy) is 1. The van der Waals surface area contributed by atoms with Crippen LogP contribution < -0.4 is 4.90 Å². The van der Waals surface area contributed by atoms with E-state index in [1.807, 2.05) is 12.3 Å². The van der Waals surface area contributed by atoms with E-state index in [0.29, 0.717) is 23.5 Å². The zero-order chi connectivity index (χ0) is 14.9. The van der Waals surface area contributed by atoms with Crippen LogP contribution in [0.25, 0.3) is 0 Å². The monoisotopic (exact) mass is 313 g/mol. The number of carbonyl (C=O) groups is 3. The summed E-state index contributed by atoms with van der Waals surface area (Å²) in [6.45, 7) is 3.80. The number of amides is 1. The maximum atomic E-state index is 12.1. The van der Waals surface area contributed by atoms with Gasteiger partial charge in [-0.05, 0) is 17.9 Å². The average Bonchev–Trinajstić information content (AvgIpc) is 2.91. The Morgan fingerprint density at radius 1 is 1.50 bits per heavy atom. The van der Waals surface area contributed by atoms with E-state index in [-0.39, 0.29) is 16.3 Å². The zero-order valence-corrected chi connectivity index (χ0v) is 13.1. The van der Waals surface area contributed by atoms with Gasteiger partial charge in [0.1, 0.15) is 4.88 Å². The summed E-state index contributed by atoms with van der Waals surface area (Å²) >= 11 is 2.45. The van der Waals surface area contributed by atoms with E-state index in [4.69, 9.17) is 4.74 Å². The number of hydrogen-bond donors (Lipinski definition) is 0. The highest BCUT2D eigenvalue weighted by atomic mass is 32.2. The number of thiophene rings is 1. The Bertz CT molecular complexity index is 567. The molecular weight excluding hydrogens is 298 g/mol. The van der Waals surface area contributed by atoms with E-state index in [9.17, 15) is 14.4 Å². The molecule has 0 radical (unpaired) electrons. The van der Waals surface area contributed by atoms with Crippen molar-refractivity contribution >= 4 is 45.8 Å². The summed E-state index contributed by atoms with van der Waals surface area (Å²) in [7, 11) is 1.32. The first kappa shape index (κ1) is 15.1. The number of carbonyl (C=O) groups excluding carboxylic acids is 3. The summed E-state index contributed by atoms with van der Waals surface area (Å²) in [5, 5.41) is 1.78. The molecule has 1 saturated heterocycles. The van der Waals surface area contributed by atoms with Gasteiger partial charge in [-0.2, -0.15) is 0 Å². The Morgan fingerprint density at radius 3 is 2.80 bits per heavy atom. The number of nitrogens with zero attached hydrogens (tertiary/aromatic N) is 1. The van der Waals surface area contributed by atoms with Crippen LogP contribution in [-0.4, -0.2) is 35.9 Å². The molecule has 2 rings (SSSR count). The number of hydrogen-bond acceptors (Lipinski definition) is 6. The standard InChI is InChI=1S/C13H15NO4S2/c1-7-6-19-12(13(17)18-3)11(7)14-5-9(4-10(14)16)20-8(2)15/h6,9H,4-5H2,1-3H3. The lowest BCUT2D eigenvalue weighted by atomic mass is 10.2. The Kier molecular flexibility index (Phi) is 4.49. The van der Waals surface area contributed by atoms with Gasteiger partial charge in [-0.3, -0.25) is 9.59 Å². The molecule has 7 heteroatoms. The zero-order valence-electron chi connectivity index (χ0n) is 11.5. The normalized spacial score (nSPS) is 18.4. The lowest BCUT2D eigenvalue weighted by molar-refractivity contribution is -0.117. The molecule has 0 N–H and O–H groups in total. The average molecular weight is 313 g/mol. The largest absolute Gasteiger partial charge is 0.465 e. The number of methoxy groups -OCH3 is 1. The third kappa shape index (κ3) is 2.88. The molecule has 1 aromatic rings. The Labute approximate surface area is 125 Å². The predicted molar refractivity (Wildman–Crippen MR) is 79.4 cm³/mol. The number of esters is 1. The van der Waals surface area contributed by atoms with Crippen molar-refractivity contribution in [2.75, 3.05) is 18.6 Å². The SMILES string of the molecule is COC(=O)c1scc(C)c1N1CC(SC(C)=O)CC1=O. The molecular formula is C13H15NO4S2. The van der Waals surface area contributed by atoms with Gasteiger partial charge in [0, 0.05) is 25.1 Å². The summed E-state index contributed by atoms with van der Waals surface area (Å²) in [5.41, 5.74) is 1.50. The maximum Gasteiger partial charge on any atom is 0.350 e. The van der Waals surface area contributed by atoms with Crippen molar-refractivity contribution in [2.24, 2.45) is 0 Å². The Hall–Kier alpha value is -1.34. The molecule has 2 heterocycles. The van der Waals surface area contributed by atoms with Crippen LogP contribution in [0.5, 0.6) is 0 Å². The topological polar surface area (TPSA) is 63.7 Å². The summed E-state index contributed by atoms with van der Waals surface area (Å²) < 4.78 is 4.75. The van der Waals surface area contributed by atoms with Crippen LogP contribution >= 0.6 is 23.1 Å². The van der Waals surface area contributed by atoms with Crippen molar-refractivity contribution in [1.29, 1.82) is 0 Å². The quantitative estimate of drug-likeness (QED) is 0.801. The first-order valence-corrected chi connectivity index (χ1v) is 7.84. The molecule has 0 aromatic carbocycles. The molecule has 1 unspecified atom stereocenters. The Balaban J connectivity index is 2.28. The molecule has 1 aliphatic rings. The fourth-order valence-corrected chi connectivity index (χ4v) is 4.10. The van der Waals surface area contributed by atoms with Crippen LogP contribution in [0.4, 0.5) is 5.69 Å². The van der Waals surface area contributed by atoms with Gasteiger partial charge in [-0.1, -0.05) is 11.8 Å². The molecule has 5 nitrogen and oxygen atoms in total. The van der Waals surface area contributed by atoms with E-state index >= 15 is 0 Å². The van der Waals surface area contributed by atoms with Gasteiger partial charge in [0.2, 0.25) is 5.91 Å². The van der Waals surface area contributed by atoms with Crippen molar-refractivity contribution in [3.05, 3.63) is 15.8 Å². The van der Waals surface area contributed by atoms with Crippen molar-refractivity contribution in [1.82, 2.24) is 0 Å². The van der Waals surface area contributed by atoms with Gasteiger partial charge < -0.3 is 9.64 Å². The van der Waals surface area contributed by atoms with Gasteiger partial charge in [-0.25, -0.2) is 4.79 Å². The van der Waals surface area contributed by atoms with E-state index in [0.717, 1.165) is 5.56 Å². The predicted octanol–water partition coefficient (Wildman–Crippen LogP) is 2.23. The van der Waals surface area contributed by atoms with Crippen LogP contribution in [0, 0.1) is 6.92 Å². The Morgan fingerprint density at radius 2 is 2.20 bits per heavy atom. The smallest absolute Gasteiger partial charge is 0.350 e. The van der Waals surface area contributed by atoms with Gasteiger partial charge in [0.05, 0.1) is 12.8 Å². The lowest BCUT2D eigenvalue weighted by Crippen LogP contribution is -2.27. The first-order chi connectivity index (χ1) is 9.43. The summed E-state index contributed by atoms with van der Waals surface area (Å²) in [6.07, 6.45) is 0.320. The van der Waals surface area contributed by atoms with Crippen molar-refractivity contribution < 1.29 is 19.1 Å². The number of anilines is 1. The second-order valence-electron chi connectivity index (χ2n) is 4.53. The third-order valence-corrected chi connectivity index (χ3v) is 5.05. The molecule has 1 amide bonds. The second-order valence-corrected chi connectivity index (χ2v) is 6.88. The molecule has 0 saturated carbocycles. The van der Waals surface area contributed by atoms with Crippen LogP contribution in [0.1, 0.15) is 28.6 Å². The highest BCUT2D eigenvalue weighted by Gasteiger charge is 2.35. The first-order valence-electron chi connectivity index (χ1n) is 6.08. The molecule has 1 atom stereocenters. The molecule has 0 spiro atoms. The number of rotatable bonds is 3. The van der Waals surface area contributed by atoms with Crippen LogP contribution in [-0.2, 0) is 14.3 Å². The number of thioether (sulfide) groups is 1. The maximum absolute atomic E-state index is 12.1. The molecule has 1 fully saturated rings. The summed E-state index contributed by atoms with van der Waals surface area (Å²) in [5.74, 6) is -0.496. The lowest BCUT2D eigenvalue weighted by Gasteiger charge is -2.18. The van der Waals surface area contributed by atoms with E-state index < -0.39 is 5.97 Å². The van der Waals surface area contributed by atoms with Crippen molar-refractivity contribution in [2.45, 2.75) is 25.5 Å². The van der Waals surface area contributed by atoms with Crippen LogP contribution in [0.3, 0.4) is 0 Å². The summed E-state index contributed by atoms with van der Waals surface area (Å²) in [4.78, 5) is 37.1. The molecule has 0 aliphatic carbocycles. The highest BCUT2D eigenvalue weighted by molar-refractivity contribution is 8.14. The molecule has 20 heavy (non-hydrogen) atoms. The minimum Gasteiger partial charge on any atom is -0.465 e. The van der Waals surface area contributed by atoms with Gasteiger partial charge in [0.25, 0.3) is 0 Å². The van der Waals surface area contributed by atoms with Crippen molar-refractivity contribution in [3.8, 4) is 0 Å². The number of aryl methyl sites for hydroxylation is 1.